The van der Waals surface area contributed by atoms with Crippen molar-refractivity contribution in [2.45, 2.75) is 20.4 Å². The van der Waals surface area contributed by atoms with E-state index in [1.807, 2.05) is 38.1 Å². The summed E-state index contributed by atoms with van der Waals surface area (Å²) in [6.45, 7) is 4.49. The number of benzene rings is 1. The Morgan fingerprint density at radius 1 is 1.30 bits per heavy atom. The van der Waals surface area contributed by atoms with E-state index in [2.05, 4.69) is 10.4 Å². The molecule has 0 fully saturated rings. The Hall–Kier alpha value is -2.63. The van der Waals surface area contributed by atoms with Gasteiger partial charge in [-0.05, 0) is 24.1 Å². The molecule has 6 heteroatoms. The normalized spacial score (nSPS) is 10.6. The molecule has 0 spiro atoms. The lowest BCUT2D eigenvalue weighted by atomic mass is 10.1. The average molecular weight is 315 g/mol. The molecule has 0 atom stereocenters. The minimum Gasteiger partial charge on any atom is -0.497 e. The standard InChI is InChI=1S/C17H21N3O3/c1-12(2)10-18-16(21)11-20-17(22)8-7-15(19-20)13-5-4-6-14(9-13)23-3/h4-9,12H,10-11H2,1-3H3,(H,18,21). The van der Waals surface area contributed by atoms with Gasteiger partial charge in [-0.25, -0.2) is 4.68 Å². The molecule has 1 heterocycles. The van der Waals surface area contributed by atoms with Crippen LogP contribution >= 0.6 is 0 Å². The van der Waals surface area contributed by atoms with Crippen LogP contribution in [0.1, 0.15) is 13.8 Å². The van der Waals surface area contributed by atoms with Crippen LogP contribution in [0.25, 0.3) is 11.3 Å². The number of rotatable bonds is 6. The molecule has 23 heavy (non-hydrogen) atoms. The van der Waals surface area contributed by atoms with Gasteiger partial charge in [-0.15, -0.1) is 0 Å². The maximum atomic E-state index is 11.9. The number of ether oxygens (including phenoxy) is 1. The molecule has 0 radical (unpaired) electrons. The number of amides is 1. The van der Waals surface area contributed by atoms with Crippen LogP contribution < -0.4 is 15.6 Å². The first-order valence-electron chi connectivity index (χ1n) is 7.49. The summed E-state index contributed by atoms with van der Waals surface area (Å²) in [7, 11) is 1.59. The van der Waals surface area contributed by atoms with Crippen LogP contribution in [0, 0.1) is 5.92 Å². The van der Waals surface area contributed by atoms with Crippen LogP contribution in [-0.4, -0.2) is 29.3 Å². The number of carbonyl (C=O) groups is 1. The van der Waals surface area contributed by atoms with Crippen molar-refractivity contribution in [3.8, 4) is 17.0 Å². The molecule has 0 aliphatic rings. The molecule has 0 aliphatic carbocycles. The molecule has 6 nitrogen and oxygen atoms in total. The largest absolute Gasteiger partial charge is 0.497 e. The van der Waals surface area contributed by atoms with Crippen LogP contribution in [-0.2, 0) is 11.3 Å². The molecule has 2 aromatic rings. The average Bonchev–Trinajstić information content (AvgIpc) is 2.55. The molecule has 1 aromatic carbocycles. The Labute approximate surface area is 135 Å². The molecule has 2 rings (SSSR count). The Morgan fingerprint density at radius 3 is 2.78 bits per heavy atom. The maximum absolute atomic E-state index is 11.9. The van der Waals surface area contributed by atoms with E-state index in [0.29, 0.717) is 23.9 Å². The minimum atomic E-state index is -0.309. The van der Waals surface area contributed by atoms with Crippen molar-refractivity contribution in [1.82, 2.24) is 15.1 Å². The molecule has 0 saturated heterocycles. The van der Waals surface area contributed by atoms with Crippen molar-refractivity contribution in [2.24, 2.45) is 5.92 Å². The Morgan fingerprint density at radius 2 is 2.09 bits per heavy atom. The van der Waals surface area contributed by atoms with Crippen LogP contribution in [0.15, 0.2) is 41.2 Å². The predicted octanol–water partition coefficient (Wildman–Crippen LogP) is 1.69. The molecule has 1 aromatic heterocycles. The van der Waals surface area contributed by atoms with E-state index >= 15 is 0 Å². The lowest BCUT2D eigenvalue weighted by molar-refractivity contribution is -0.122. The summed E-state index contributed by atoms with van der Waals surface area (Å²) in [4.78, 5) is 23.8. The third-order valence-electron chi connectivity index (χ3n) is 3.23. The van der Waals surface area contributed by atoms with E-state index in [-0.39, 0.29) is 18.0 Å². The maximum Gasteiger partial charge on any atom is 0.267 e. The first-order chi connectivity index (χ1) is 11.0. The molecule has 0 unspecified atom stereocenters. The summed E-state index contributed by atoms with van der Waals surface area (Å²) in [5, 5.41) is 7.05. The molecule has 122 valence electrons. The van der Waals surface area contributed by atoms with Crippen LogP contribution in [0.2, 0.25) is 0 Å². The van der Waals surface area contributed by atoms with Crippen molar-refractivity contribution in [1.29, 1.82) is 0 Å². The fourth-order valence-corrected chi connectivity index (χ4v) is 2.01. The SMILES string of the molecule is COc1cccc(-c2ccc(=O)n(CC(=O)NCC(C)C)n2)c1. The van der Waals surface area contributed by atoms with Gasteiger partial charge in [0.1, 0.15) is 12.3 Å². The summed E-state index contributed by atoms with van der Waals surface area (Å²) >= 11 is 0. The summed E-state index contributed by atoms with van der Waals surface area (Å²) in [5.41, 5.74) is 1.12. The second-order valence-electron chi connectivity index (χ2n) is 5.64. The molecule has 1 amide bonds. The van der Waals surface area contributed by atoms with Gasteiger partial charge in [-0.3, -0.25) is 9.59 Å². The van der Waals surface area contributed by atoms with E-state index in [9.17, 15) is 9.59 Å². The zero-order valence-corrected chi connectivity index (χ0v) is 13.6. The van der Waals surface area contributed by atoms with Gasteiger partial charge in [-0.1, -0.05) is 26.0 Å². The van der Waals surface area contributed by atoms with Crippen LogP contribution in [0.5, 0.6) is 5.75 Å². The van der Waals surface area contributed by atoms with Gasteiger partial charge in [0.25, 0.3) is 5.56 Å². The zero-order valence-electron chi connectivity index (χ0n) is 13.6. The van der Waals surface area contributed by atoms with Gasteiger partial charge in [0, 0.05) is 18.2 Å². The highest BCUT2D eigenvalue weighted by molar-refractivity contribution is 5.75. The highest BCUT2D eigenvalue weighted by Gasteiger charge is 2.09. The van der Waals surface area contributed by atoms with Gasteiger partial charge in [0.15, 0.2) is 0 Å². The van der Waals surface area contributed by atoms with Crippen molar-refractivity contribution < 1.29 is 9.53 Å². The van der Waals surface area contributed by atoms with Crippen molar-refractivity contribution >= 4 is 5.91 Å². The molecular weight excluding hydrogens is 294 g/mol. The third kappa shape index (κ3) is 4.67. The zero-order chi connectivity index (χ0) is 16.8. The first-order valence-corrected chi connectivity index (χ1v) is 7.49. The fourth-order valence-electron chi connectivity index (χ4n) is 2.01. The van der Waals surface area contributed by atoms with Gasteiger partial charge >= 0.3 is 0 Å². The summed E-state index contributed by atoms with van der Waals surface area (Å²) < 4.78 is 6.36. The Kier molecular flexibility index (Phi) is 5.51. The number of methoxy groups -OCH3 is 1. The minimum absolute atomic E-state index is 0.0939. The van der Waals surface area contributed by atoms with Crippen LogP contribution in [0.3, 0.4) is 0 Å². The van der Waals surface area contributed by atoms with Crippen molar-refractivity contribution in [2.75, 3.05) is 13.7 Å². The quantitative estimate of drug-likeness (QED) is 0.880. The van der Waals surface area contributed by atoms with E-state index in [1.54, 1.807) is 13.2 Å². The Balaban J connectivity index is 2.21. The number of aromatic nitrogens is 2. The number of nitrogens with zero attached hydrogens (tertiary/aromatic N) is 2. The summed E-state index contributed by atoms with van der Waals surface area (Å²) in [6.07, 6.45) is 0. The lowest BCUT2D eigenvalue weighted by Gasteiger charge is -2.10. The molecule has 0 saturated carbocycles. The van der Waals surface area contributed by atoms with E-state index < -0.39 is 0 Å². The number of carbonyl (C=O) groups excluding carboxylic acids is 1. The highest BCUT2D eigenvalue weighted by Crippen LogP contribution is 2.20. The van der Waals surface area contributed by atoms with Crippen LogP contribution in [0.4, 0.5) is 0 Å². The van der Waals surface area contributed by atoms with Crippen molar-refractivity contribution in [3.63, 3.8) is 0 Å². The summed E-state index contributed by atoms with van der Waals surface area (Å²) in [5.74, 6) is 0.833. The van der Waals surface area contributed by atoms with E-state index in [0.717, 1.165) is 5.56 Å². The highest BCUT2D eigenvalue weighted by atomic mass is 16.5. The van der Waals surface area contributed by atoms with Gasteiger partial charge in [-0.2, -0.15) is 5.10 Å². The second-order valence-corrected chi connectivity index (χ2v) is 5.64. The number of nitrogens with one attached hydrogen (secondary N) is 1. The predicted molar refractivity (Wildman–Crippen MR) is 88.3 cm³/mol. The topological polar surface area (TPSA) is 73.2 Å². The molecule has 0 bridgehead atoms. The molecular formula is C17H21N3O3. The molecule has 1 N–H and O–H groups in total. The van der Waals surface area contributed by atoms with Gasteiger partial charge in [0.05, 0.1) is 12.8 Å². The Bertz CT molecular complexity index is 738. The first kappa shape index (κ1) is 16.7. The molecule has 0 aliphatic heterocycles. The monoisotopic (exact) mass is 315 g/mol. The van der Waals surface area contributed by atoms with Crippen molar-refractivity contribution in [3.05, 3.63) is 46.8 Å². The fraction of sp³-hybridized carbons (Fsp3) is 0.353. The van der Waals surface area contributed by atoms with Gasteiger partial charge < -0.3 is 10.1 Å². The van der Waals surface area contributed by atoms with E-state index in [4.69, 9.17) is 4.74 Å². The number of hydrogen-bond donors (Lipinski definition) is 1. The second kappa shape index (κ2) is 7.58. The third-order valence-corrected chi connectivity index (χ3v) is 3.23. The smallest absolute Gasteiger partial charge is 0.267 e. The van der Waals surface area contributed by atoms with Gasteiger partial charge in [0.2, 0.25) is 5.91 Å². The lowest BCUT2D eigenvalue weighted by Crippen LogP contribution is -2.35. The van der Waals surface area contributed by atoms with E-state index in [1.165, 1.54) is 10.7 Å². The summed E-state index contributed by atoms with van der Waals surface area (Å²) in [6, 6.07) is 10.4. The number of hydrogen-bond acceptors (Lipinski definition) is 4.